The largest absolute Gasteiger partial charge is 0.394 e. The Balaban J connectivity index is 1.83. The van der Waals surface area contributed by atoms with Crippen LogP contribution in [0.2, 0.25) is 0 Å². The van der Waals surface area contributed by atoms with E-state index in [0.717, 1.165) is 39.2 Å². The fourth-order valence-electron chi connectivity index (χ4n) is 3.15. The fourth-order valence-corrected chi connectivity index (χ4v) is 3.15. The molecule has 1 saturated heterocycles. The lowest BCUT2D eigenvalue weighted by molar-refractivity contribution is -0.0659. The van der Waals surface area contributed by atoms with Crippen LogP contribution < -0.4 is 5.32 Å². The zero-order valence-corrected chi connectivity index (χ0v) is 11.2. The minimum Gasteiger partial charge on any atom is -0.394 e. The van der Waals surface area contributed by atoms with E-state index in [2.05, 4.69) is 34.5 Å². The summed E-state index contributed by atoms with van der Waals surface area (Å²) in [6.07, 6.45) is 1.09. The van der Waals surface area contributed by atoms with Crippen molar-refractivity contribution in [3.05, 3.63) is 35.4 Å². The molecule has 4 heteroatoms. The predicted molar refractivity (Wildman–Crippen MR) is 73.9 cm³/mol. The van der Waals surface area contributed by atoms with Crippen molar-refractivity contribution in [3.63, 3.8) is 0 Å². The maximum absolute atomic E-state index is 9.29. The molecule has 2 atom stereocenters. The third kappa shape index (κ3) is 2.82. The number of morpholine rings is 1. The van der Waals surface area contributed by atoms with Crippen LogP contribution in [0.3, 0.4) is 0 Å². The van der Waals surface area contributed by atoms with Crippen molar-refractivity contribution in [2.75, 3.05) is 32.8 Å². The SMILES string of the molecule is OCC1CN(C2CCNCc3ccccc32)CCO1. The average molecular weight is 262 g/mol. The second-order valence-electron chi connectivity index (χ2n) is 5.35. The number of hydrogen-bond acceptors (Lipinski definition) is 4. The van der Waals surface area contributed by atoms with Crippen LogP contribution in [0.4, 0.5) is 0 Å². The van der Waals surface area contributed by atoms with Gasteiger partial charge in [-0.3, -0.25) is 4.90 Å². The van der Waals surface area contributed by atoms with Gasteiger partial charge in [0.2, 0.25) is 0 Å². The summed E-state index contributed by atoms with van der Waals surface area (Å²) in [6, 6.07) is 9.14. The van der Waals surface area contributed by atoms with Gasteiger partial charge in [0.25, 0.3) is 0 Å². The van der Waals surface area contributed by atoms with Gasteiger partial charge in [0.15, 0.2) is 0 Å². The molecule has 4 nitrogen and oxygen atoms in total. The first-order valence-electron chi connectivity index (χ1n) is 7.13. The highest BCUT2D eigenvalue weighted by Crippen LogP contribution is 2.30. The van der Waals surface area contributed by atoms with E-state index in [9.17, 15) is 5.11 Å². The second kappa shape index (κ2) is 6.01. The molecule has 0 bridgehead atoms. The van der Waals surface area contributed by atoms with E-state index in [1.165, 1.54) is 11.1 Å². The smallest absolute Gasteiger partial charge is 0.0933 e. The number of aliphatic hydroxyl groups is 1. The van der Waals surface area contributed by atoms with Gasteiger partial charge >= 0.3 is 0 Å². The van der Waals surface area contributed by atoms with E-state index in [0.29, 0.717) is 6.04 Å². The summed E-state index contributed by atoms with van der Waals surface area (Å²) < 4.78 is 5.56. The van der Waals surface area contributed by atoms with Gasteiger partial charge in [0, 0.05) is 25.7 Å². The number of nitrogens with zero attached hydrogens (tertiary/aromatic N) is 1. The molecular formula is C15H22N2O2. The van der Waals surface area contributed by atoms with Gasteiger partial charge in [-0.05, 0) is 24.1 Å². The fraction of sp³-hybridized carbons (Fsp3) is 0.600. The molecule has 2 heterocycles. The van der Waals surface area contributed by atoms with Gasteiger partial charge < -0.3 is 15.2 Å². The van der Waals surface area contributed by atoms with Crippen molar-refractivity contribution in [2.24, 2.45) is 0 Å². The van der Waals surface area contributed by atoms with Gasteiger partial charge in [-0.15, -0.1) is 0 Å². The molecule has 1 aromatic carbocycles. The molecule has 1 fully saturated rings. The predicted octanol–water partition coefficient (Wildman–Crippen LogP) is 0.914. The van der Waals surface area contributed by atoms with Crippen LogP contribution in [0.1, 0.15) is 23.6 Å². The van der Waals surface area contributed by atoms with E-state index in [4.69, 9.17) is 4.74 Å². The van der Waals surface area contributed by atoms with Crippen molar-refractivity contribution < 1.29 is 9.84 Å². The molecule has 19 heavy (non-hydrogen) atoms. The number of fused-ring (bicyclic) bond motifs is 1. The Morgan fingerprint density at radius 1 is 1.37 bits per heavy atom. The minimum atomic E-state index is -0.0304. The number of ether oxygens (including phenoxy) is 1. The Hall–Kier alpha value is -0.940. The molecule has 0 radical (unpaired) electrons. The van der Waals surface area contributed by atoms with Crippen LogP contribution in [-0.4, -0.2) is 49.0 Å². The molecular weight excluding hydrogens is 240 g/mol. The monoisotopic (exact) mass is 262 g/mol. The average Bonchev–Trinajstić information content (AvgIpc) is 2.69. The highest BCUT2D eigenvalue weighted by Gasteiger charge is 2.29. The lowest BCUT2D eigenvalue weighted by Crippen LogP contribution is -2.45. The Kier molecular flexibility index (Phi) is 4.13. The first kappa shape index (κ1) is 13.1. The minimum absolute atomic E-state index is 0.0304. The summed E-state index contributed by atoms with van der Waals surface area (Å²) >= 11 is 0. The van der Waals surface area contributed by atoms with E-state index < -0.39 is 0 Å². The van der Waals surface area contributed by atoms with Crippen molar-refractivity contribution in [1.29, 1.82) is 0 Å². The molecule has 2 unspecified atom stereocenters. The molecule has 2 aliphatic heterocycles. The molecule has 0 aliphatic carbocycles. The Morgan fingerprint density at radius 3 is 3.16 bits per heavy atom. The number of benzene rings is 1. The summed E-state index contributed by atoms with van der Waals surface area (Å²) in [4.78, 5) is 2.47. The van der Waals surface area contributed by atoms with E-state index >= 15 is 0 Å². The summed E-state index contributed by atoms with van der Waals surface area (Å²) in [5, 5.41) is 12.8. The number of nitrogens with one attached hydrogen (secondary N) is 1. The van der Waals surface area contributed by atoms with Gasteiger partial charge in [-0.1, -0.05) is 24.3 Å². The van der Waals surface area contributed by atoms with Crippen molar-refractivity contribution in [1.82, 2.24) is 10.2 Å². The molecule has 1 aromatic rings. The standard InChI is InChI=1S/C15H22N2O2/c18-11-13-10-17(7-8-19-13)15-5-6-16-9-12-3-1-2-4-14(12)15/h1-4,13,15-16,18H,5-11H2. The topological polar surface area (TPSA) is 44.7 Å². The molecule has 0 aromatic heterocycles. The van der Waals surface area contributed by atoms with Crippen molar-refractivity contribution in [3.8, 4) is 0 Å². The quantitative estimate of drug-likeness (QED) is 0.832. The van der Waals surface area contributed by atoms with Crippen molar-refractivity contribution in [2.45, 2.75) is 25.1 Å². The normalized spacial score (nSPS) is 28.7. The first-order valence-corrected chi connectivity index (χ1v) is 7.13. The molecule has 2 aliphatic rings. The number of rotatable bonds is 2. The Morgan fingerprint density at radius 2 is 2.26 bits per heavy atom. The van der Waals surface area contributed by atoms with Gasteiger partial charge in [0.1, 0.15) is 0 Å². The van der Waals surface area contributed by atoms with Gasteiger partial charge in [-0.25, -0.2) is 0 Å². The van der Waals surface area contributed by atoms with E-state index in [1.54, 1.807) is 0 Å². The Bertz CT molecular complexity index is 424. The Labute approximate surface area is 114 Å². The zero-order valence-electron chi connectivity index (χ0n) is 11.2. The molecule has 2 N–H and O–H groups in total. The number of aliphatic hydroxyl groups excluding tert-OH is 1. The molecule has 104 valence electrons. The molecule has 3 rings (SSSR count). The van der Waals surface area contributed by atoms with Gasteiger partial charge in [0.05, 0.1) is 19.3 Å². The van der Waals surface area contributed by atoms with Crippen LogP contribution in [-0.2, 0) is 11.3 Å². The summed E-state index contributed by atoms with van der Waals surface area (Å²) in [5.74, 6) is 0. The number of hydrogen-bond donors (Lipinski definition) is 2. The summed E-state index contributed by atoms with van der Waals surface area (Å²) in [5.41, 5.74) is 2.84. The molecule has 0 amide bonds. The summed E-state index contributed by atoms with van der Waals surface area (Å²) in [6.45, 7) is 4.62. The van der Waals surface area contributed by atoms with Gasteiger partial charge in [-0.2, -0.15) is 0 Å². The first-order chi connectivity index (χ1) is 9.38. The lowest BCUT2D eigenvalue weighted by Gasteiger charge is -2.38. The van der Waals surface area contributed by atoms with Crippen LogP contribution in [0.15, 0.2) is 24.3 Å². The van der Waals surface area contributed by atoms with Crippen molar-refractivity contribution >= 4 is 0 Å². The van der Waals surface area contributed by atoms with Crippen LogP contribution >= 0.6 is 0 Å². The van der Waals surface area contributed by atoms with E-state index in [-0.39, 0.29) is 12.7 Å². The third-order valence-corrected chi connectivity index (χ3v) is 4.14. The molecule has 0 saturated carbocycles. The second-order valence-corrected chi connectivity index (χ2v) is 5.35. The molecule has 0 spiro atoms. The summed E-state index contributed by atoms with van der Waals surface area (Å²) in [7, 11) is 0. The third-order valence-electron chi connectivity index (χ3n) is 4.14. The van der Waals surface area contributed by atoms with Crippen LogP contribution in [0.25, 0.3) is 0 Å². The lowest BCUT2D eigenvalue weighted by atomic mass is 9.97. The highest BCUT2D eigenvalue weighted by atomic mass is 16.5. The zero-order chi connectivity index (χ0) is 13.1. The maximum atomic E-state index is 9.29. The van der Waals surface area contributed by atoms with E-state index in [1.807, 2.05) is 0 Å². The maximum Gasteiger partial charge on any atom is 0.0933 e. The van der Waals surface area contributed by atoms with Crippen LogP contribution in [0, 0.1) is 0 Å². The van der Waals surface area contributed by atoms with Crippen LogP contribution in [0.5, 0.6) is 0 Å². The highest BCUT2D eigenvalue weighted by molar-refractivity contribution is 5.31.